The Morgan fingerprint density at radius 3 is 2.59 bits per heavy atom. The van der Waals surface area contributed by atoms with Crippen LogP contribution < -0.4 is 5.73 Å². The summed E-state index contributed by atoms with van der Waals surface area (Å²) in [5, 5.41) is 12.6. The number of likely N-dealkylation sites (tertiary alicyclic amines) is 1. The Balaban J connectivity index is 1.61. The van der Waals surface area contributed by atoms with Crippen LogP contribution in [0.5, 0.6) is 5.75 Å². The Morgan fingerprint density at radius 1 is 1.06 bits per heavy atom. The minimum Gasteiger partial charge on any atom is -0.508 e. The Labute approximate surface area is 183 Å². The fourth-order valence-corrected chi connectivity index (χ4v) is 4.17. The number of hydrogen-bond acceptors (Lipinski definition) is 5. The first-order valence-electron chi connectivity index (χ1n) is 10.2. The van der Waals surface area contributed by atoms with Gasteiger partial charge in [0, 0.05) is 18.5 Å². The molecule has 1 fully saturated rings. The Morgan fingerprint density at radius 2 is 1.84 bits per heavy atom. The number of nitrogens with two attached hydrogens (primary N) is 1. The summed E-state index contributed by atoms with van der Waals surface area (Å²) in [5.74, 6) is -0.190. The molecular formula is C25H20N4O3. The zero-order valence-electron chi connectivity index (χ0n) is 17.2. The van der Waals surface area contributed by atoms with Gasteiger partial charge in [-0.3, -0.25) is 9.59 Å². The minimum atomic E-state index is -0.644. The Hall–Kier alpha value is -4.26. The van der Waals surface area contributed by atoms with Crippen molar-refractivity contribution in [1.82, 2.24) is 14.9 Å². The first-order valence-corrected chi connectivity index (χ1v) is 10.2. The van der Waals surface area contributed by atoms with E-state index in [0.29, 0.717) is 29.8 Å². The molecule has 1 aromatic heterocycles. The normalized spacial score (nSPS) is 13.8. The van der Waals surface area contributed by atoms with Gasteiger partial charge in [-0.25, -0.2) is 9.97 Å². The maximum Gasteiger partial charge on any atom is 0.268 e. The predicted octanol–water partition coefficient (Wildman–Crippen LogP) is 3.37. The standard InChI is InChI=1S/C25H20N4O3/c1-2-22(31)29-12-16(13-29)25-27-21-8-7-15(10-20(21)23(28-25)24(26)32)19-11-17(30)9-14-5-3-4-6-18(14)19/h2-11,16,30H,1,12-13H2,(H2,26,32). The van der Waals surface area contributed by atoms with Gasteiger partial charge in [0.25, 0.3) is 5.91 Å². The number of aromatic hydroxyl groups is 1. The number of fused-ring (bicyclic) bond motifs is 2. The number of primary amides is 1. The Bertz CT molecular complexity index is 1420. The molecule has 0 spiro atoms. The molecule has 4 aromatic rings. The number of phenols is 1. The van der Waals surface area contributed by atoms with Gasteiger partial charge in [-0.15, -0.1) is 0 Å². The lowest BCUT2D eigenvalue weighted by atomic mass is 9.95. The zero-order valence-corrected chi connectivity index (χ0v) is 17.2. The van der Waals surface area contributed by atoms with Gasteiger partial charge in [-0.1, -0.05) is 36.9 Å². The third-order valence-corrected chi connectivity index (χ3v) is 5.84. The molecule has 1 saturated heterocycles. The quantitative estimate of drug-likeness (QED) is 0.488. The van der Waals surface area contributed by atoms with Crippen molar-refractivity contribution in [3.8, 4) is 16.9 Å². The number of nitrogens with zero attached hydrogens (tertiary/aromatic N) is 3. The second-order valence-electron chi connectivity index (χ2n) is 7.89. The van der Waals surface area contributed by atoms with E-state index in [1.807, 2.05) is 42.5 Å². The van der Waals surface area contributed by atoms with Crippen molar-refractivity contribution in [2.45, 2.75) is 5.92 Å². The predicted molar refractivity (Wildman–Crippen MR) is 122 cm³/mol. The molecule has 1 aliphatic rings. The van der Waals surface area contributed by atoms with Crippen LogP contribution in [-0.4, -0.2) is 44.9 Å². The molecule has 1 aliphatic heterocycles. The number of hydrogen-bond donors (Lipinski definition) is 2. The molecule has 2 heterocycles. The molecule has 0 saturated carbocycles. The summed E-state index contributed by atoms with van der Waals surface area (Å²) in [7, 11) is 0. The van der Waals surface area contributed by atoms with Gasteiger partial charge in [0.15, 0.2) is 0 Å². The van der Waals surface area contributed by atoms with Gasteiger partial charge in [0.2, 0.25) is 5.91 Å². The second-order valence-corrected chi connectivity index (χ2v) is 7.89. The van der Waals surface area contributed by atoms with Crippen LogP contribution >= 0.6 is 0 Å². The van der Waals surface area contributed by atoms with Gasteiger partial charge in [0.1, 0.15) is 17.3 Å². The molecular weight excluding hydrogens is 404 g/mol. The van der Waals surface area contributed by atoms with Crippen LogP contribution in [-0.2, 0) is 4.79 Å². The van der Waals surface area contributed by atoms with Gasteiger partial charge < -0.3 is 15.7 Å². The molecule has 0 bridgehead atoms. The maximum absolute atomic E-state index is 12.2. The summed E-state index contributed by atoms with van der Waals surface area (Å²) >= 11 is 0. The van der Waals surface area contributed by atoms with Crippen LogP contribution in [0.1, 0.15) is 22.2 Å². The van der Waals surface area contributed by atoms with Gasteiger partial charge in [-0.2, -0.15) is 0 Å². The lowest BCUT2D eigenvalue weighted by molar-refractivity contribution is -0.130. The maximum atomic E-state index is 12.2. The molecule has 3 aromatic carbocycles. The monoisotopic (exact) mass is 424 g/mol. The fourth-order valence-electron chi connectivity index (χ4n) is 4.17. The van der Waals surface area contributed by atoms with Gasteiger partial charge >= 0.3 is 0 Å². The zero-order chi connectivity index (χ0) is 22.4. The van der Waals surface area contributed by atoms with E-state index in [1.165, 1.54) is 6.08 Å². The minimum absolute atomic E-state index is 0.0592. The second kappa shape index (κ2) is 7.46. The van der Waals surface area contributed by atoms with E-state index in [1.54, 1.807) is 17.0 Å². The van der Waals surface area contributed by atoms with Crippen LogP contribution in [0.2, 0.25) is 0 Å². The van der Waals surface area contributed by atoms with Crippen molar-refractivity contribution >= 4 is 33.5 Å². The van der Waals surface area contributed by atoms with Crippen molar-refractivity contribution in [3.05, 3.63) is 78.8 Å². The summed E-state index contributed by atoms with van der Waals surface area (Å²) in [6.45, 7) is 4.45. The van der Waals surface area contributed by atoms with Crippen LogP contribution in [0, 0.1) is 0 Å². The summed E-state index contributed by atoms with van der Waals surface area (Å²) in [4.78, 5) is 34.7. The van der Waals surface area contributed by atoms with E-state index in [-0.39, 0.29) is 23.3 Å². The average Bonchev–Trinajstić information content (AvgIpc) is 2.76. The van der Waals surface area contributed by atoms with E-state index in [4.69, 9.17) is 5.73 Å². The molecule has 7 nitrogen and oxygen atoms in total. The largest absolute Gasteiger partial charge is 0.508 e. The van der Waals surface area contributed by atoms with E-state index in [2.05, 4.69) is 16.5 Å². The highest BCUT2D eigenvalue weighted by Gasteiger charge is 2.33. The summed E-state index contributed by atoms with van der Waals surface area (Å²) in [6, 6.07) is 16.7. The van der Waals surface area contributed by atoms with Crippen molar-refractivity contribution in [3.63, 3.8) is 0 Å². The summed E-state index contributed by atoms with van der Waals surface area (Å²) < 4.78 is 0. The van der Waals surface area contributed by atoms with Crippen LogP contribution in [0.25, 0.3) is 32.8 Å². The first-order chi connectivity index (χ1) is 15.4. The van der Waals surface area contributed by atoms with Crippen LogP contribution in [0.15, 0.2) is 67.3 Å². The number of carbonyl (C=O) groups excluding carboxylic acids is 2. The van der Waals surface area contributed by atoms with Crippen molar-refractivity contribution in [2.75, 3.05) is 13.1 Å². The number of benzene rings is 3. The van der Waals surface area contributed by atoms with Crippen molar-refractivity contribution in [2.24, 2.45) is 5.73 Å². The molecule has 0 radical (unpaired) electrons. The third-order valence-electron chi connectivity index (χ3n) is 5.84. The highest BCUT2D eigenvalue weighted by atomic mass is 16.3. The number of rotatable bonds is 4. The molecule has 0 atom stereocenters. The van der Waals surface area contributed by atoms with Gasteiger partial charge in [0.05, 0.1) is 11.4 Å². The fraction of sp³-hybridized carbons (Fsp3) is 0.120. The average molecular weight is 424 g/mol. The molecule has 5 rings (SSSR count). The topological polar surface area (TPSA) is 109 Å². The lowest BCUT2D eigenvalue weighted by Crippen LogP contribution is -2.48. The number of aromatic nitrogens is 2. The smallest absolute Gasteiger partial charge is 0.268 e. The lowest BCUT2D eigenvalue weighted by Gasteiger charge is -2.37. The highest BCUT2D eigenvalue weighted by Crippen LogP contribution is 2.35. The summed E-state index contributed by atoms with van der Waals surface area (Å²) in [6.07, 6.45) is 1.28. The molecule has 32 heavy (non-hydrogen) atoms. The van der Waals surface area contributed by atoms with Crippen LogP contribution in [0.4, 0.5) is 0 Å². The highest BCUT2D eigenvalue weighted by molar-refractivity contribution is 6.06. The summed E-state index contributed by atoms with van der Waals surface area (Å²) in [5.41, 5.74) is 8.06. The van der Waals surface area contributed by atoms with Crippen molar-refractivity contribution in [1.29, 1.82) is 0 Å². The van der Waals surface area contributed by atoms with Crippen LogP contribution in [0.3, 0.4) is 0 Å². The SMILES string of the molecule is C=CC(=O)N1CC(c2nc(C(N)=O)c3cc(-c4cc(O)cc5ccccc45)ccc3n2)C1. The van der Waals surface area contributed by atoms with E-state index in [0.717, 1.165) is 21.9 Å². The molecule has 3 N–H and O–H groups in total. The van der Waals surface area contributed by atoms with E-state index >= 15 is 0 Å². The first kappa shape index (κ1) is 19.7. The number of amides is 2. The molecule has 0 aliphatic carbocycles. The molecule has 0 unspecified atom stereocenters. The molecule has 158 valence electrons. The molecule has 7 heteroatoms. The number of phenolic OH excluding ortho intramolecular Hbond substituents is 1. The third kappa shape index (κ3) is 3.24. The Kier molecular flexibility index (Phi) is 4.59. The van der Waals surface area contributed by atoms with E-state index in [9.17, 15) is 14.7 Å². The van der Waals surface area contributed by atoms with Crippen molar-refractivity contribution < 1.29 is 14.7 Å². The number of carbonyl (C=O) groups is 2. The van der Waals surface area contributed by atoms with Gasteiger partial charge in [-0.05, 0) is 52.2 Å². The molecule has 2 amide bonds. The van der Waals surface area contributed by atoms with E-state index < -0.39 is 5.91 Å².